The van der Waals surface area contributed by atoms with Crippen LogP contribution in [0.2, 0.25) is 0 Å². The SMILES string of the molecule is CC(CO)NC(=O)c1snnc1C(C)C. The number of hydrogen-bond donors (Lipinski definition) is 2. The first-order valence-corrected chi connectivity index (χ1v) is 5.57. The lowest BCUT2D eigenvalue weighted by atomic mass is 10.1. The van der Waals surface area contributed by atoms with E-state index in [-0.39, 0.29) is 24.5 Å². The normalized spacial score (nSPS) is 12.9. The highest BCUT2D eigenvalue weighted by atomic mass is 32.1. The zero-order chi connectivity index (χ0) is 11.4. The summed E-state index contributed by atoms with van der Waals surface area (Å²) in [4.78, 5) is 12.2. The molecule has 0 saturated carbocycles. The molecule has 0 aliphatic heterocycles. The van der Waals surface area contributed by atoms with Gasteiger partial charge in [-0.2, -0.15) is 0 Å². The van der Waals surface area contributed by atoms with Gasteiger partial charge in [-0.25, -0.2) is 0 Å². The van der Waals surface area contributed by atoms with Gasteiger partial charge in [-0.3, -0.25) is 4.79 Å². The van der Waals surface area contributed by atoms with Crippen LogP contribution >= 0.6 is 11.5 Å². The minimum atomic E-state index is -0.250. The Kier molecular flexibility index (Phi) is 4.16. The van der Waals surface area contributed by atoms with E-state index in [1.54, 1.807) is 6.92 Å². The Morgan fingerprint density at radius 3 is 2.73 bits per heavy atom. The third-order valence-corrected chi connectivity index (χ3v) is 2.66. The van der Waals surface area contributed by atoms with Crippen LogP contribution in [0.25, 0.3) is 0 Å². The second-order valence-electron chi connectivity index (χ2n) is 3.70. The molecular weight excluding hydrogens is 214 g/mol. The maximum atomic E-state index is 11.7. The van der Waals surface area contributed by atoms with Crippen LogP contribution in [-0.4, -0.2) is 33.2 Å². The zero-order valence-corrected chi connectivity index (χ0v) is 9.84. The fourth-order valence-electron chi connectivity index (χ4n) is 1.07. The van der Waals surface area contributed by atoms with Crippen LogP contribution in [0.15, 0.2) is 0 Å². The molecule has 15 heavy (non-hydrogen) atoms. The van der Waals surface area contributed by atoms with Gasteiger partial charge in [0.1, 0.15) is 4.88 Å². The topological polar surface area (TPSA) is 75.1 Å². The first-order valence-electron chi connectivity index (χ1n) is 4.80. The predicted molar refractivity (Wildman–Crippen MR) is 58.0 cm³/mol. The predicted octanol–water partition coefficient (Wildman–Crippen LogP) is 0.772. The molecule has 1 aromatic heterocycles. The van der Waals surface area contributed by atoms with Gasteiger partial charge >= 0.3 is 0 Å². The van der Waals surface area contributed by atoms with Crippen LogP contribution in [0.4, 0.5) is 0 Å². The average molecular weight is 229 g/mol. The fraction of sp³-hybridized carbons (Fsp3) is 0.667. The summed E-state index contributed by atoms with van der Waals surface area (Å²) >= 11 is 1.08. The summed E-state index contributed by atoms with van der Waals surface area (Å²) in [7, 11) is 0. The van der Waals surface area contributed by atoms with E-state index in [1.807, 2.05) is 13.8 Å². The van der Waals surface area contributed by atoms with Gasteiger partial charge in [0.2, 0.25) is 0 Å². The molecule has 1 amide bonds. The van der Waals surface area contributed by atoms with Crippen molar-refractivity contribution in [2.24, 2.45) is 0 Å². The van der Waals surface area contributed by atoms with Crippen molar-refractivity contribution in [1.29, 1.82) is 0 Å². The van der Waals surface area contributed by atoms with E-state index in [1.165, 1.54) is 0 Å². The average Bonchev–Trinajstić information content (AvgIpc) is 2.65. The van der Waals surface area contributed by atoms with Gasteiger partial charge in [0.25, 0.3) is 5.91 Å². The molecule has 0 aliphatic carbocycles. The van der Waals surface area contributed by atoms with E-state index in [0.717, 1.165) is 11.5 Å². The van der Waals surface area contributed by atoms with Crippen LogP contribution in [-0.2, 0) is 0 Å². The van der Waals surface area contributed by atoms with Crippen LogP contribution in [0.1, 0.15) is 42.1 Å². The Balaban J connectivity index is 2.77. The number of nitrogens with one attached hydrogen (secondary N) is 1. The number of carbonyl (C=O) groups is 1. The lowest BCUT2D eigenvalue weighted by Gasteiger charge is -2.10. The molecule has 1 heterocycles. The molecule has 1 aromatic rings. The summed E-state index contributed by atoms with van der Waals surface area (Å²) in [5.74, 6) is -0.0378. The molecular formula is C9H15N3O2S. The Bertz CT molecular complexity index is 338. The monoisotopic (exact) mass is 229 g/mol. The number of aromatic nitrogens is 2. The Labute approximate surface area is 92.7 Å². The molecule has 84 valence electrons. The minimum absolute atomic E-state index is 0.0744. The van der Waals surface area contributed by atoms with Gasteiger partial charge in [0.05, 0.1) is 12.3 Å². The summed E-state index contributed by atoms with van der Waals surface area (Å²) in [5, 5.41) is 15.4. The van der Waals surface area contributed by atoms with Crippen molar-refractivity contribution in [2.45, 2.75) is 32.7 Å². The second kappa shape index (κ2) is 5.18. The number of aliphatic hydroxyl groups excluding tert-OH is 1. The molecule has 1 atom stereocenters. The summed E-state index contributed by atoms with van der Waals surface area (Å²) in [5.41, 5.74) is 0.711. The van der Waals surface area contributed by atoms with Crippen molar-refractivity contribution < 1.29 is 9.90 Å². The first kappa shape index (κ1) is 12.1. The van der Waals surface area contributed by atoms with Gasteiger partial charge in [-0.1, -0.05) is 18.3 Å². The molecule has 6 heteroatoms. The molecule has 0 bridgehead atoms. The summed E-state index contributed by atoms with van der Waals surface area (Å²) in [6.07, 6.45) is 0. The molecule has 1 rings (SSSR count). The Morgan fingerprint density at radius 2 is 2.20 bits per heavy atom. The van der Waals surface area contributed by atoms with Gasteiger partial charge in [0, 0.05) is 6.04 Å². The van der Waals surface area contributed by atoms with Crippen LogP contribution in [0, 0.1) is 0 Å². The van der Waals surface area contributed by atoms with Crippen LogP contribution in [0.5, 0.6) is 0 Å². The quantitative estimate of drug-likeness (QED) is 0.799. The third-order valence-electron chi connectivity index (χ3n) is 1.92. The van der Waals surface area contributed by atoms with E-state index in [2.05, 4.69) is 14.9 Å². The Morgan fingerprint density at radius 1 is 1.53 bits per heavy atom. The fourth-order valence-corrected chi connectivity index (χ4v) is 1.79. The second-order valence-corrected chi connectivity index (χ2v) is 4.45. The smallest absolute Gasteiger partial charge is 0.265 e. The highest BCUT2D eigenvalue weighted by Crippen LogP contribution is 2.19. The zero-order valence-electron chi connectivity index (χ0n) is 9.02. The van der Waals surface area contributed by atoms with Crippen molar-refractivity contribution >= 4 is 17.4 Å². The lowest BCUT2D eigenvalue weighted by Crippen LogP contribution is -2.35. The molecule has 0 aliphatic rings. The molecule has 2 N–H and O–H groups in total. The third kappa shape index (κ3) is 2.97. The van der Waals surface area contributed by atoms with E-state index in [4.69, 9.17) is 5.11 Å². The molecule has 0 radical (unpaired) electrons. The van der Waals surface area contributed by atoms with E-state index in [0.29, 0.717) is 10.6 Å². The maximum absolute atomic E-state index is 11.7. The molecule has 0 spiro atoms. The van der Waals surface area contributed by atoms with Crippen molar-refractivity contribution in [3.8, 4) is 0 Å². The molecule has 0 saturated heterocycles. The number of nitrogens with zero attached hydrogens (tertiary/aromatic N) is 2. The number of amides is 1. The van der Waals surface area contributed by atoms with E-state index < -0.39 is 0 Å². The molecule has 1 unspecified atom stereocenters. The number of hydrogen-bond acceptors (Lipinski definition) is 5. The van der Waals surface area contributed by atoms with Gasteiger partial charge in [-0.05, 0) is 24.4 Å². The van der Waals surface area contributed by atoms with Gasteiger partial charge < -0.3 is 10.4 Å². The van der Waals surface area contributed by atoms with Gasteiger partial charge in [-0.15, -0.1) is 5.10 Å². The molecule has 0 fully saturated rings. The number of aliphatic hydroxyl groups is 1. The van der Waals surface area contributed by atoms with Crippen LogP contribution < -0.4 is 5.32 Å². The largest absolute Gasteiger partial charge is 0.394 e. The summed E-state index contributed by atoms with van der Waals surface area (Å²) in [6.45, 7) is 5.59. The standard InChI is InChI=1S/C9H15N3O2S/c1-5(2)7-8(15-12-11-7)9(14)10-6(3)4-13/h5-6,13H,4H2,1-3H3,(H,10,14). The first-order chi connectivity index (χ1) is 7.06. The summed E-state index contributed by atoms with van der Waals surface area (Å²) in [6, 6.07) is -0.250. The van der Waals surface area contributed by atoms with Crippen molar-refractivity contribution in [1.82, 2.24) is 14.9 Å². The molecule has 5 nitrogen and oxygen atoms in total. The highest BCUT2D eigenvalue weighted by molar-refractivity contribution is 7.08. The van der Waals surface area contributed by atoms with Crippen LogP contribution in [0.3, 0.4) is 0 Å². The van der Waals surface area contributed by atoms with Gasteiger partial charge in [0.15, 0.2) is 0 Å². The van der Waals surface area contributed by atoms with Crippen molar-refractivity contribution in [3.63, 3.8) is 0 Å². The highest BCUT2D eigenvalue weighted by Gasteiger charge is 2.19. The summed E-state index contributed by atoms with van der Waals surface area (Å²) < 4.78 is 3.77. The van der Waals surface area contributed by atoms with E-state index in [9.17, 15) is 4.79 Å². The minimum Gasteiger partial charge on any atom is -0.394 e. The van der Waals surface area contributed by atoms with Crippen molar-refractivity contribution in [2.75, 3.05) is 6.61 Å². The van der Waals surface area contributed by atoms with E-state index >= 15 is 0 Å². The Hall–Kier alpha value is -1.01. The lowest BCUT2D eigenvalue weighted by molar-refractivity contribution is 0.0925. The maximum Gasteiger partial charge on any atom is 0.265 e. The number of carbonyl (C=O) groups excluding carboxylic acids is 1. The number of rotatable bonds is 4. The van der Waals surface area contributed by atoms with Crippen molar-refractivity contribution in [3.05, 3.63) is 10.6 Å². The molecule has 0 aromatic carbocycles.